The lowest BCUT2D eigenvalue weighted by Gasteiger charge is -2.22. The van der Waals surface area contributed by atoms with Gasteiger partial charge in [-0.1, -0.05) is 0 Å². The number of halogens is 1. The van der Waals surface area contributed by atoms with E-state index in [1.165, 1.54) is 12.8 Å². The molecule has 1 aromatic heterocycles. The zero-order valence-corrected chi connectivity index (χ0v) is 14.3. The first-order valence-electron chi connectivity index (χ1n) is 8.20. The summed E-state index contributed by atoms with van der Waals surface area (Å²) in [6, 6.07) is 2.37. The van der Waals surface area contributed by atoms with Gasteiger partial charge < -0.3 is 10.6 Å². The van der Waals surface area contributed by atoms with Crippen molar-refractivity contribution in [2.75, 3.05) is 18.4 Å². The van der Waals surface area contributed by atoms with Crippen LogP contribution in [0.4, 0.5) is 5.82 Å². The van der Waals surface area contributed by atoms with Crippen LogP contribution in [0, 0.1) is 18.8 Å². The highest BCUT2D eigenvalue weighted by Crippen LogP contribution is 2.40. The number of carbonyl (C=O) groups is 1. The van der Waals surface area contributed by atoms with Crippen LogP contribution in [0.1, 0.15) is 50.8 Å². The number of nitrogens with one attached hydrogen (secondary N) is 2. The van der Waals surface area contributed by atoms with E-state index in [0.717, 1.165) is 43.4 Å². The Hall–Kier alpha value is -1.07. The Kier molecular flexibility index (Phi) is 5.87. The first-order valence-corrected chi connectivity index (χ1v) is 8.20. The molecule has 3 rings (SSSR count). The average molecular weight is 327 g/mol. The van der Waals surface area contributed by atoms with Crippen molar-refractivity contribution in [2.24, 2.45) is 11.8 Å². The monoisotopic (exact) mass is 326 g/mol. The van der Waals surface area contributed by atoms with E-state index in [9.17, 15) is 4.79 Å². The Morgan fingerprint density at radius 1 is 1.41 bits per heavy atom. The van der Waals surface area contributed by atoms with Gasteiger partial charge in [-0.25, -0.2) is 4.68 Å². The van der Waals surface area contributed by atoms with Crippen molar-refractivity contribution >= 4 is 24.1 Å². The Morgan fingerprint density at radius 3 is 2.73 bits per heavy atom. The second kappa shape index (κ2) is 7.47. The SMILES string of the molecule is Cc1cc(NC(=O)CC2CCNCC2)n(C(C)C2CC2)n1.Cl. The number of aryl methyl sites for hydroxylation is 1. The van der Waals surface area contributed by atoms with Crippen LogP contribution >= 0.6 is 12.4 Å². The Morgan fingerprint density at radius 2 is 2.09 bits per heavy atom. The predicted molar refractivity (Wildman–Crippen MR) is 90.5 cm³/mol. The largest absolute Gasteiger partial charge is 0.317 e. The minimum Gasteiger partial charge on any atom is -0.317 e. The number of rotatable bonds is 5. The van der Waals surface area contributed by atoms with Gasteiger partial charge in [0.1, 0.15) is 5.82 Å². The summed E-state index contributed by atoms with van der Waals surface area (Å²) in [4.78, 5) is 12.3. The van der Waals surface area contributed by atoms with Crippen LogP contribution < -0.4 is 10.6 Å². The Balaban J connectivity index is 0.00000176. The third kappa shape index (κ3) is 4.23. The first-order chi connectivity index (χ1) is 10.1. The highest BCUT2D eigenvalue weighted by molar-refractivity contribution is 5.90. The maximum atomic E-state index is 12.3. The van der Waals surface area contributed by atoms with Crippen molar-refractivity contribution in [1.82, 2.24) is 15.1 Å². The van der Waals surface area contributed by atoms with Gasteiger partial charge in [0.2, 0.25) is 5.91 Å². The summed E-state index contributed by atoms with van der Waals surface area (Å²) < 4.78 is 2.01. The summed E-state index contributed by atoms with van der Waals surface area (Å²) in [5, 5.41) is 11.0. The van der Waals surface area contributed by atoms with Crippen LogP contribution in [0.25, 0.3) is 0 Å². The quantitative estimate of drug-likeness (QED) is 0.874. The molecule has 2 aliphatic rings. The molecule has 1 amide bonds. The smallest absolute Gasteiger partial charge is 0.225 e. The molecule has 2 fully saturated rings. The molecule has 0 radical (unpaired) electrons. The van der Waals surface area contributed by atoms with Crippen molar-refractivity contribution in [2.45, 2.75) is 52.0 Å². The minimum atomic E-state index is 0. The van der Waals surface area contributed by atoms with Gasteiger partial charge in [0.25, 0.3) is 0 Å². The second-order valence-corrected chi connectivity index (χ2v) is 6.64. The molecule has 2 N–H and O–H groups in total. The Bertz CT molecular complexity index is 506. The lowest BCUT2D eigenvalue weighted by Crippen LogP contribution is -2.30. The van der Waals surface area contributed by atoms with Crippen molar-refractivity contribution in [1.29, 1.82) is 0 Å². The van der Waals surface area contributed by atoms with Crippen LogP contribution in [-0.2, 0) is 4.79 Å². The van der Waals surface area contributed by atoms with Crippen LogP contribution in [0.5, 0.6) is 0 Å². The highest BCUT2D eigenvalue weighted by Gasteiger charge is 2.31. The number of hydrogen-bond acceptors (Lipinski definition) is 3. The average Bonchev–Trinajstić information content (AvgIpc) is 3.24. The van der Waals surface area contributed by atoms with Crippen LogP contribution in [0.2, 0.25) is 0 Å². The summed E-state index contributed by atoms with van der Waals surface area (Å²) in [5.74, 6) is 2.24. The van der Waals surface area contributed by atoms with E-state index in [-0.39, 0.29) is 18.3 Å². The molecule has 1 saturated heterocycles. The molecule has 5 nitrogen and oxygen atoms in total. The topological polar surface area (TPSA) is 59.0 Å². The van der Waals surface area contributed by atoms with Gasteiger partial charge in [-0.2, -0.15) is 5.10 Å². The molecule has 1 unspecified atom stereocenters. The van der Waals surface area contributed by atoms with E-state index in [0.29, 0.717) is 18.4 Å². The van der Waals surface area contributed by atoms with Crippen molar-refractivity contribution in [3.63, 3.8) is 0 Å². The summed E-state index contributed by atoms with van der Waals surface area (Å²) in [5.41, 5.74) is 0.972. The minimum absolute atomic E-state index is 0. The van der Waals surface area contributed by atoms with Gasteiger partial charge in [0, 0.05) is 12.5 Å². The van der Waals surface area contributed by atoms with Crippen LogP contribution in [0.3, 0.4) is 0 Å². The molecule has 1 aliphatic heterocycles. The standard InChI is InChI=1S/C16H26N4O.ClH/c1-11-9-15(20(19-11)12(2)14-3-4-14)18-16(21)10-13-5-7-17-8-6-13;/h9,12-14,17H,3-8,10H2,1-2H3,(H,18,21);1H. The molecule has 0 aromatic carbocycles. The molecule has 0 spiro atoms. The normalized spacial score (nSPS) is 20.3. The van der Waals surface area contributed by atoms with Gasteiger partial charge in [-0.3, -0.25) is 4.79 Å². The fourth-order valence-corrected chi connectivity index (χ4v) is 3.24. The molecule has 1 aromatic rings. The molecule has 1 atom stereocenters. The van der Waals surface area contributed by atoms with Gasteiger partial charge in [0.05, 0.1) is 11.7 Å². The van der Waals surface area contributed by atoms with Gasteiger partial charge in [-0.15, -0.1) is 12.4 Å². The van der Waals surface area contributed by atoms with Gasteiger partial charge in [-0.05, 0) is 64.5 Å². The number of amides is 1. The van der Waals surface area contributed by atoms with Gasteiger partial charge >= 0.3 is 0 Å². The fraction of sp³-hybridized carbons (Fsp3) is 0.750. The third-order valence-corrected chi connectivity index (χ3v) is 4.75. The van der Waals surface area contributed by atoms with E-state index in [4.69, 9.17) is 0 Å². The molecule has 2 heterocycles. The molecule has 1 saturated carbocycles. The number of aromatic nitrogens is 2. The summed E-state index contributed by atoms with van der Waals surface area (Å²) in [7, 11) is 0. The molecule has 124 valence electrons. The summed E-state index contributed by atoms with van der Waals surface area (Å²) in [6.07, 6.45) is 5.39. The fourth-order valence-electron chi connectivity index (χ4n) is 3.24. The zero-order valence-electron chi connectivity index (χ0n) is 13.5. The Labute approximate surface area is 138 Å². The third-order valence-electron chi connectivity index (χ3n) is 4.75. The number of piperidine rings is 1. The van der Waals surface area contributed by atoms with Gasteiger partial charge in [0.15, 0.2) is 0 Å². The molecule has 1 aliphatic carbocycles. The van der Waals surface area contributed by atoms with E-state index in [1.807, 2.05) is 17.7 Å². The zero-order chi connectivity index (χ0) is 14.8. The van der Waals surface area contributed by atoms with Crippen molar-refractivity contribution in [3.05, 3.63) is 11.8 Å². The van der Waals surface area contributed by atoms with E-state index >= 15 is 0 Å². The lowest BCUT2D eigenvalue weighted by molar-refractivity contribution is -0.117. The predicted octanol–water partition coefficient (Wildman–Crippen LogP) is 2.91. The van der Waals surface area contributed by atoms with E-state index < -0.39 is 0 Å². The van der Waals surface area contributed by atoms with Crippen LogP contribution in [-0.4, -0.2) is 28.8 Å². The molecule has 22 heavy (non-hydrogen) atoms. The number of carbonyl (C=O) groups excluding carboxylic acids is 1. The molecular weight excluding hydrogens is 300 g/mol. The number of hydrogen-bond donors (Lipinski definition) is 2. The van der Waals surface area contributed by atoms with Crippen molar-refractivity contribution < 1.29 is 4.79 Å². The maximum absolute atomic E-state index is 12.3. The second-order valence-electron chi connectivity index (χ2n) is 6.64. The van der Waals surface area contributed by atoms with Crippen molar-refractivity contribution in [3.8, 4) is 0 Å². The van der Waals surface area contributed by atoms with E-state index in [1.54, 1.807) is 0 Å². The lowest BCUT2D eigenvalue weighted by atomic mass is 9.94. The highest BCUT2D eigenvalue weighted by atomic mass is 35.5. The summed E-state index contributed by atoms with van der Waals surface area (Å²) in [6.45, 7) is 6.26. The summed E-state index contributed by atoms with van der Waals surface area (Å²) >= 11 is 0. The molecular formula is C16H27ClN4O. The molecule has 0 bridgehead atoms. The number of nitrogens with zero attached hydrogens (tertiary/aromatic N) is 2. The van der Waals surface area contributed by atoms with E-state index in [2.05, 4.69) is 22.7 Å². The molecule has 6 heteroatoms. The maximum Gasteiger partial charge on any atom is 0.225 e. The first kappa shape index (κ1) is 17.3. The number of anilines is 1. The van der Waals surface area contributed by atoms with Crippen LogP contribution in [0.15, 0.2) is 6.07 Å².